The lowest BCUT2D eigenvalue weighted by molar-refractivity contribution is 0.100. The summed E-state index contributed by atoms with van der Waals surface area (Å²) in [4.78, 5) is 11.6. The third-order valence-corrected chi connectivity index (χ3v) is 5.32. The van der Waals surface area contributed by atoms with Crippen molar-refractivity contribution < 1.29 is 9.18 Å². The number of carbonyl (C=O) groups excluding carboxylic acids is 1. The van der Waals surface area contributed by atoms with E-state index < -0.39 is 11.9 Å². The van der Waals surface area contributed by atoms with Gasteiger partial charge in [-0.25, -0.2) is 4.68 Å². The summed E-state index contributed by atoms with van der Waals surface area (Å²) in [6.07, 6.45) is 2.27. The van der Waals surface area contributed by atoms with E-state index in [1.807, 2.05) is 24.3 Å². The summed E-state index contributed by atoms with van der Waals surface area (Å²) in [7, 11) is 0. The van der Waals surface area contributed by atoms with Crippen molar-refractivity contribution >= 4 is 16.8 Å². The zero-order chi connectivity index (χ0) is 18.3. The third kappa shape index (κ3) is 2.66. The van der Waals surface area contributed by atoms with Crippen molar-refractivity contribution in [1.29, 1.82) is 0 Å². The van der Waals surface area contributed by atoms with E-state index in [9.17, 15) is 9.18 Å². The maximum Gasteiger partial charge on any atom is 0.250 e. The Bertz CT molecular complexity index is 971. The predicted octanol–water partition coefficient (Wildman–Crippen LogP) is 2.90. The second kappa shape index (κ2) is 6.21. The highest BCUT2D eigenvalue weighted by Gasteiger charge is 2.28. The van der Waals surface area contributed by atoms with Crippen molar-refractivity contribution in [2.45, 2.75) is 25.2 Å². The van der Waals surface area contributed by atoms with Gasteiger partial charge >= 0.3 is 0 Å². The van der Waals surface area contributed by atoms with E-state index >= 15 is 0 Å². The second-order valence-electron chi connectivity index (χ2n) is 7.16. The molecule has 26 heavy (non-hydrogen) atoms. The highest BCUT2D eigenvalue weighted by molar-refractivity contribution is 6.04. The first-order chi connectivity index (χ1) is 12.5. The number of piperidine rings is 1. The van der Waals surface area contributed by atoms with Gasteiger partial charge in [-0.1, -0.05) is 25.1 Å². The lowest BCUT2D eigenvalue weighted by Gasteiger charge is -2.34. The van der Waals surface area contributed by atoms with E-state index in [0.717, 1.165) is 25.9 Å². The van der Waals surface area contributed by atoms with Crippen molar-refractivity contribution in [3.8, 4) is 5.69 Å². The van der Waals surface area contributed by atoms with Crippen LogP contribution in [0.15, 0.2) is 42.5 Å². The molecule has 1 atom stereocenters. The molecule has 3 aromatic rings. The van der Waals surface area contributed by atoms with Crippen LogP contribution < -0.4 is 11.1 Å². The van der Waals surface area contributed by atoms with Gasteiger partial charge in [0.15, 0.2) is 0 Å². The fourth-order valence-electron chi connectivity index (χ4n) is 3.75. The molecule has 4 rings (SSSR count). The summed E-state index contributed by atoms with van der Waals surface area (Å²) in [6.45, 7) is 4.24. The molecule has 134 valence electrons. The zero-order valence-corrected chi connectivity index (χ0v) is 14.6. The first-order valence-electron chi connectivity index (χ1n) is 8.78. The molecule has 0 bridgehead atoms. The second-order valence-corrected chi connectivity index (χ2v) is 7.16. The van der Waals surface area contributed by atoms with Crippen LogP contribution in [0.3, 0.4) is 0 Å². The van der Waals surface area contributed by atoms with Gasteiger partial charge in [0.1, 0.15) is 5.52 Å². The quantitative estimate of drug-likeness (QED) is 0.761. The monoisotopic (exact) mass is 352 g/mol. The van der Waals surface area contributed by atoms with Gasteiger partial charge in [0, 0.05) is 12.0 Å². The minimum atomic E-state index is -0.617. The van der Waals surface area contributed by atoms with Gasteiger partial charge in [-0.05, 0) is 49.2 Å². The molecule has 1 aliphatic rings. The molecule has 0 unspecified atom stereocenters. The van der Waals surface area contributed by atoms with E-state index in [1.165, 1.54) is 10.2 Å². The van der Waals surface area contributed by atoms with E-state index in [-0.39, 0.29) is 21.9 Å². The first-order valence-corrected chi connectivity index (χ1v) is 8.78. The number of nitrogens with one attached hydrogen (secondary N) is 1. The highest BCUT2D eigenvalue weighted by atomic mass is 19.1. The van der Waals surface area contributed by atoms with Crippen molar-refractivity contribution in [3.63, 3.8) is 0 Å². The van der Waals surface area contributed by atoms with Gasteiger partial charge in [-0.2, -0.15) is 9.49 Å². The van der Waals surface area contributed by atoms with Crippen LogP contribution >= 0.6 is 0 Å². The lowest BCUT2D eigenvalue weighted by atomic mass is 9.76. The normalized spacial score (nSPS) is 20.4. The van der Waals surface area contributed by atoms with Gasteiger partial charge in [0.2, 0.25) is 5.95 Å². The Morgan fingerprint density at radius 1 is 1.27 bits per heavy atom. The number of nitrogens with zero attached hydrogens (tertiary/aromatic N) is 2. The van der Waals surface area contributed by atoms with Crippen LogP contribution in [0.5, 0.6) is 0 Å². The van der Waals surface area contributed by atoms with Crippen LogP contribution in [-0.4, -0.2) is 28.8 Å². The van der Waals surface area contributed by atoms with Crippen molar-refractivity contribution in [2.24, 2.45) is 5.73 Å². The smallest absolute Gasteiger partial charge is 0.250 e. The summed E-state index contributed by atoms with van der Waals surface area (Å²) in [5.74, 6) is -1.12. The number of fused-ring (bicyclic) bond motifs is 1. The molecular weight excluding hydrogens is 331 g/mol. The zero-order valence-electron chi connectivity index (χ0n) is 14.6. The van der Waals surface area contributed by atoms with Crippen LogP contribution in [0.2, 0.25) is 0 Å². The minimum Gasteiger partial charge on any atom is -0.366 e. The summed E-state index contributed by atoms with van der Waals surface area (Å²) < 4.78 is 16.1. The number of carbonyl (C=O) groups is 1. The SMILES string of the molecule is C[C@@]1(c2ccc(-n3nc4c(C(N)=O)cccc4c3F)cc2)CCCNC1. The van der Waals surface area contributed by atoms with E-state index in [1.54, 1.807) is 18.2 Å². The molecule has 2 heterocycles. The number of aromatic nitrogens is 2. The maximum atomic E-state index is 14.8. The number of nitrogens with two attached hydrogens (primary N) is 1. The van der Waals surface area contributed by atoms with Gasteiger partial charge in [0.25, 0.3) is 5.91 Å². The molecule has 3 N–H and O–H groups in total. The molecule has 0 saturated carbocycles. The summed E-state index contributed by atoms with van der Waals surface area (Å²) >= 11 is 0. The number of benzene rings is 2. The molecule has 6 heteroatoms. The number of hydrogen-bond acceptors (Lipinski definition) is 3. The number of amides is 1. The molecule has 1 aliphatic heterocycles. The Morgan fingerprint density at radius 2 is 2.04 bits per heavy atom. The topological polar surface area (TPSA) is 72.9 Å². The average Bonchev–Trinajstić information content (AvgIpc) is 2.99. The Hall–Kier alpha value is -2.73. The first kappa shape index (κ1) is 16.7. The third-order valence-electron chi connectivity index (χ3n) is 5.32. The van der Waals surface area contributed by atoms with Crippen LogP contribution in [-0.2, 0) is 5.41 Å². The lowest BCUT2D eigenvalue weighted by Crippen LogP contribution is -2.41. The fourth-order valence-corrected chi connectivity index (χ4v) is 3.75. The van der Waals surface area contributed by atoms with Crippen LogP contribution in [0.4, 0.5) is 4.39 Å². The highest BCUT2D eigenvalue weighted by Crippen LogP contribution is 2.31. The molecule has 1 saturated heterocycles. The Kier molecular flexibility index (Phi) is 4.00. The number of rotatable bonds is 3. The van der Waals surface area contributed by atoms with Crippen LogP contribution in [0.25, 0.3) is 16.6 Å². The number of hydrogen-bond donors (Lipinski definition) is 2. The van der Waals surface area contributed by atoms with E-state index in [2.05, 4.69) is 17.3 Å². The van der Waals surface area contributed by atoms with Crippen LogP contribution in [0.1, 0.15) is 35.7 Å². The molecule has 0 radical (unpaired) electrons. The minimum absolute atomic E-state index is 0.0866. The van der Waals surface area contributed by atoms with Gasteiger partial charge in [0.05, 0.1) is 16.6 Å². The molecule has 5 nitrogen and oxygen atoms in total. The molecule has 0 aliphatic carbocycles. The van der Waals surface area contributed by atoms with Gasteiger partial charge < -0.3 is 11.1 Å². The van der Waals surface area contributed by atoms with Crippen molar-refractivity contribution in [2.75, 3.05) is 13.1 Å². The standard InChI is InChI=1S/C20H21FN4O/c1-20(10-3-11-23-12-20)13-6-8-14(9-7-13)25-18(21)15-4-2-5-16(19(22)26)17(15)24-25/h2,4-9,23H,3,10-12H2,1H3,(H2,22,26)/t20-/m1/s1. The Morgan fingerprint density at radius 3 is 2.69 bits per heavy atom. The van der Waals surface area contributed by atoms with Gasteiger partial charge in [-0.15, -0.1) is 0 Å². The molecule has 1 fully saturated rings. The Labute approximate surface area is 151 Å². The molecule has 1 aromatic heterocycles. The average molecular weight is 352 g/mol. The van der Waals surface area contributed by atoms with E-state index in [4.69, 9.17) is 5.73 Å². The summed E-state index contributed by atoms with van der Waals surface area (Å²) in [6, 6.07) is 12.6. The van der Waals surface area contributed by atoms with Crippen LogP contribution in [0, 0.1) is 5.95 Å². The van der Waals surface area contributed by atoms with Gasteiger partial charge in [-0.3, -0.25) is 4.79 Å². The molecule has 0 spiro atoms. The predicted molar refractivity (Wildman–Crippen MR) is 99.0 cm³/mol. The van der Waals surface area contributed by atoms with Crippen molar-refractivity contribution in [1.82, 2.24) is 15.1 Å². The summed E-state index contributed by atoms with van der Waals surface area (Å²) in [5.41, 5.74) is 7.81. The number of halogens is 1. The molecular formula is C20H21FN4O. The number of primary amides is 1. The largest absolute Gasteiger partial charge is 0.366 e. The Balaban J connectivity index is 1.75. The molecule has 2 aromatic carbocycles. The van der Waals surface area contributed by atoms with Crippen molar-refractivity contribution in [3.05, 3.63) is 59.5 Å². The maximum absolute atomic E-state index is 14.8. The fraction of sp³-hybridized carbons (Fsp3) is 0.300. The van der Waals surface area contributed by atoms with E-state index in [0.29, 0.717) is 5.69 Å². The summed E-state index contributed by atoms with van der Waals surface area (Å²) in [5, 5.41) is 8.02. The molecule has 1 amide bonds.